The molecule has 0 aromatic heterocycles. The molecule has 9 heteroatoms. The van der Waals surface area contributed by atoms with Crippen LogP contribution in [0, 0.1) is 5.92 Å². The number of carbonyl (C=O) groups excluding carboxylic acids is 2. The summed E-state index contributed by atoms with van der Waals surface area (Å²) < 4.78 is 10.7. The van der Waals surface area contributed by atoms with Gasteiger partial charge in [0.25, 0.3) is 0 Å². The normalized spacial score (nSPS) is 51.0. The van der Waals surface area contributed by atoms with E-state index < -0.39 is 70.6 Å². The van der Waals surface area contributed by atoms with Crippen molar-refractivity contribution in [1.82, 2.24) is 0 Å². The van der Waals surface area contributed by atoms with Crippen LogP contribution in [0.1, 0.15) is 35.9 Å². The summed E-state index contributed by atoms with van der Waals surface area (Å²) in [5.41, 5.74) is -6.92. The number of carbonyl (C=O) groups is 2. The molecule has 150 valence electrons. The molecule has 5 N–H and O–H groups in total. The fourth-order valence-electron chi connectivity index (χ4n) is 5.23. The summed E-state index contributed by atoms with van der Waals surface area (Å²) >= 11 is 0. The summed E-state index contributed by atoms with van der Waals surface area (Å²) in [4.78, 5) is 26.1. The van der Waals surface area contributed by atoms with Gasteiger partial charge in [-0.2, -0.15) is 0 Å². The molecule has 5 rings (SSSR count). The maximum Gasteiger partial charge on any atom is 0.201 e. The molecule has 1 aromatic carbocycles. The van der Waals surface area contributed by atoms with Crippen LogP contribution in [0.4, 0.5) is 0 Å². The summed E-state index contributed by atoms with van der Waals surface area (Å²) in [6.07, 6.45) is -6.89. The predicted octanol–water partition coefficient (Wildman–Crippen LogP) is -1.41. The first-order valence-corrected chi connectivity index (χ1v) is 9.10. The molecule has 3 fully saturated rings. The van der Waals surface area contributed by atoms with Crippen molar-refractivity contribution in [3.8, 4) is 5.75 Å². The van der Waals surface area contributed by atoms with Crippen molar-refractivity contribution in [2.24, 2.45) is 5.92 Å². The summed E-state index contributed by atoms with van der Waals surface area (Å²) in [6, 6.07) is 4.04. The average molecular weight is 392 g/mol. The lowest BCUT2D eigenvalue weighted by atomic mass is 9.55. The number of phenolic OH excluding ortho intramolecular Hbond substituents is 1. The predicted molar refractivity (Wildman–Crippen MR) is 89.4 cm³/mol. The first-order chi connectivity index (χ1) is 13.1. The van der Waals surface area contributed by atoms with Crippen LogP contribution in [0.25, 0.3) is 0 Å². The van der Waals surface area contributed by atoms with Crippen LogP contribution < -0.4 is 0 Å². The summed E-state index contributed by atoms with van der Waals surface area (Å²) in [5.74, 6) is -3.25. The van der Waals surface area contributed by atoms with Crippen LogP contribution in [-0.2, 0) is 14.3 Å². The number of epoxide rings is 2. The highest BCUT2D eigenvalue weighted by molar-refractivity contribution is 6.10. The van der Waals surface area contributed by atoms with Crippen molar-refractivity contribution in [2.75, 3.05) is 0 Å². The number of Topliss-reactive ketones (excluding diaryl/α,β-unsaturated/α-hetero) is 2. The van der Waals surface area contributed by atoms with Crippen LogP contribution in [-0.4, -0.2) is 78.3 Å². The Labute approximate surface area is 159 Å². The highest BCUT2D eigenvalue weighted by Gasteiger charge is 2.92. The Morgan fingerprint density at radius 3 is 2.43 bits per heavy atom. The van der Waals surface area contributed by atoms with E-state index in [4.69, 9.17) is 9.47 Å². The topological polar surface area (TPSA) is 160 Å². The average Bonchev–Trinajstić information content (AvgIpc) is 3.57. The number of rotatable bonds is 2. The monoisotopic (exact) mass is 392 g/mol. The molecule has 0 amide bonds. The lowest BCUT2D eigenvalue weighted by molar-refractivity contribution is -0.198. The standard InChI is InChI=1S/C19H20O9/c1-6-12(21)18-13(22)8-4-3-5-9(20)10(8)14(23)19(18,28-18)16(25)17(6,26)15(24)11-7(2)27-11/h3-7,11-12,14,16,20-21,23,25-26H,1-2H3. The highest BCUT2D eigenvalue weighted by Crippen LogP contribution is 2.70. The van der Waals surface area contributed by atoms with Gasteiger partial charge < -0.3 is 35.0 Å². The van der Waals surface area contributed by atoms with Gasteiger partial charge in [-0.15, -0.1) is 0 Å². The molecule has 0 spiro atoms. The van der Waals surface area contributed by atoms with Crippen LogP contribution in [0.15, 0.2) is 18.2 Å². The number of aliphatic hydroxyl groups is 4. The van der Waals surface area contributed by atoms with Crippen LogP contribution >= 0.6 is 0 Å². The third-order valence-electron chi connectivity index (χ3n) is 6.98. The van der Waals surface area contributed by atoms with Crippen molar-refractivity contribution in [1.29, 1.82) is 0 Å². The molecular weight excluding hydrogens is 372 g/mol. The first-order valence-electron chi connectivity index (χ1n) is 9.10. The van der Waals surface area contributed by atoms with Gasteiger partial charge in [-0.3, -0.25) is 9.59 Å². The molecule has 1 aromatic rings. The Kier molecular flexibility index (Phi) is 3.24. The summed E-state index contributed by atoms with van der Waals surface area (Å²) in [5, 5.41) is 54.4. The molecule has 9 atom stereocenters. The van der Waals surface area contributed by atoms with Gasteiger partial charge in [0, 0.05) is 17.0 Å². The highest BCUT2D eigenvalue weighted by atomic mass is 16.7. The van der Waals surface area contributed by atoms with Crippen molar-refractivity contribution in [2.45, 2.75) is 61.2 Å². The number of aliphatic hydroxyl groups excluding tert-OH is 3. The number of hydrogen-bond acceptors (Lipinski definition) is 9. The van der Waals surface area contributed by atoms with Gasteiger partial charge in [-0.05, 0) is 13.0 Å². The van der Waals surface area contributed by atoms with E-state index >= 15 is 0 Å². The van der Waals surface area contributed by atoms with Crippen LogP contribution in [0.2, 0.25) is 0 Å². The Hall–Kier alpha value is -1.88. The number of ether oxygens (including phenoxy) is 2. The second-order valence-electron chi connectivity index (χ2n) is 8.19. The van der Waals surface area contributed by atoms with Gasteiger partial charge in [0.1, 0.15) is 24.1 Å². The van der Waals surface area contributed by atoms with E-state index in [1.807, 2.05) is 0 Å². The minimum absolute atomic E-state index is 0.0463. The SMILES string of the molecule is CC1OC1C(=O)C1(O)C(C)C(O)C23OC2(C(O)c2c(O)cccc2C3=O)C1O. The van der Waals surface area contributed by atoms with Crippen molar-refractivity contribution < 1.29 is 44.6 Å². The van der Waals surface area contributed by atoms with E-state index in [1.54, 1.807) is 6.92 Å². The zero-order valence-electron chi connectivity index (χ0n) is 15.1. The minimum Gasteiger partial charge on any atom is -0.508 e. The molecule has 9 unspecified atom stereocenters. The summed E-state index contributed by atoms with van der Waals surface area (Å²) in [7, 11) is 0. The number of fused-ring (bicyclic) bond motifs is 1. The fraction of sp³-hybridized carbons (Fsp3) is 0.579. The number of benzene rings is 1. The third-order valence-corrected chi connectivity index (χ3v) is 6.98. The van der Waals surface area contributed by atoms with E-state index in [9.17, 15) is 35.1 Å². The number of ketones is 2. The molecular formula is C19H20O9. The van der Waals surface area contributed by atoms with Crippen molar-refractivity contribution in [3.63, 3.8) is 0 Å². The van der Waals surface area contributed by atoms with Crippen molar-refractivity contribution in [3.05, 3.63) is 29.3 Å². The molecule has 2 aliphatic carbocycles. The van der Waals surface area contributed by atoms with Gasteiger partial charge in [0.15, 0.2) is 22.6 Å². The molecule has 0 bridgehead atoms. The fourth-order valence-corrected chi connectivity index (χ4v) is 5.23. The Balaban J connectivity index is 1.70. The minimum atomic E-state index is -2.52. The molecule has 4 aliphatic rings. The number of hydrogen-bond donors (Lipinski definition) is 5. The van der Waals surface area contributed by atoms with Gasteiger partial charge in [-0.1, -0.05) is 19.1 Å². The number of aromatic hydroxyl groups is 1. The zero-order valence-corrected chi connectivity index (χ0v) is 15.1. The van der Waals surface area contributed by atoms with Gasteiger partial charge in [0.2, 0.25) is 5.78 Å². The molecule has 2 aliphatic heterocycles. The van der Waals surface area contributed by atoms with E-state index in [2.05, 4.69) is 0 Å². The molecule has 9 nitrogen and oxygen atoms in total. The third kappa shape index (κ3) is 1.62. The number of phenols is 1. The molecule has 28 heavy (non-hydrogen) atoms. The van der Waals surface area contributed by atoms with Crippen LogP contribution in [0.3, 0.4) is 0 Å². The Morgan fingerprint density at radius 1 is 1.18 bits per heavy atom. The molecule has 2 heterocycles. The lowest BCUT2D eigenvalue weighted by Gasteiger charge is -2.49. The molecule has 0 radical (unpaired) electrons. The van der Waals surface area contributed by atoms with E-state index in [0.717, 1.165) is 0 Å². The largest absolute Gasteiger partial charge is 0.508 e. The second kappa shape index (κ2) is 4.99. The van der Waals surface area contributed by atoms with Crippen LogP contribution in [0.5, 0.6) is 5.75 Å². The first kappa shape index (κ1) is 18.2. The van der Waals surface area contributed by atoms with Gasteiger partial charge in [-0.25, -0.2) is 0 Å². The zero-order chi connectivity index (χ0) is 20.4. The molecule has 1 saturated carbocycles. The maximum absolute atomic E-state index is 13.2. The quantitative estimate of drug-likeness (QED) is 0.381. The Bertz CT molecular complexity index is 930. The smallest absolute Gasteiger partial charge is 0.201 e. The van der Waals surface area contributed by atoms with Gasteiger partial charge >= 0.3 is 0 Å². The molecule has 2 saturated heterocycles. The van der Waals surface area contributed by atoms with Crippen molar-refractivity contribution >= 4 is 11.6 Å². The van der Waals surface area contributed by atoms with E-state index in [-0.39, 0.29) is 11.1 Å². The Morgan fingerprint density at radius 2 is 1.82 bits per heavy atom. The lowest BCUT2D eigenvalue weighted by Crippen LogP contribution is -2.74. The van der Waals surface area contributed by atoms with E-state index in [1.165, 1.54) is 25.1 Å². The van der Waals surface area contributed by atoms with E-state index in [0.29, 0.717) is 0 Å². The van der Waals surface area contributed by atoms with Gasteiger partial charge in [0.05, 0.1) is 12.2 Å². The maximum atomic E-state index is 13.2. The summed E-state index contributed by atoms with van der Waals surface area (Å²) in [6.45, 7) is 2.95. The second-order valence-corrected chi connectivity index (χ2v) is 8.19.